The van der Waals surface area contributed by atoms with Gasteiger partial charge in [0.15, 0.2) is 0 Å². The SMILES string of the molecule is [Ca+2].[Ca+2].[Ca+2].[O-][As]([O-])([O-])=S.[O-][As]([O-])([O-])=S. The molecule has 0 saturated heterocycles. The summed E-state index contributed by atoms with van der Waals surface area (Å²) in [4.78, 5) is 0. The summed E-state index contributed by atoms with van der Waals surface area (Å²) >= 11 is -10.1. The van der Waals surface area contributed by atoms with Gasteiger partial charge in [0.1, 0.15) is 0 Å². The fourth-order valence-electron chi connectivity index (χ4n) is 0. The van der Waals surface area contributed by atoms with Crippen LogP contribution in [0.25, 0.3) is 0 Å². The van der Waals surface area contributed by atoms with Crippen molar-refractivity contribution in [3.05, 3.63) is 0 Å². The van der Waals surface area contributed by atoms with E-state index in [1.165, 1.54) is 0 Å². The van der Waals surface area contributed by atoms with Crippen LogP contribution in [0.1, 0.15) is 0 Å². The molecule has 0 saturated carbocycles. The van der Waals surface area contributed by atoms with E-state index in [1.807, 2.05) is 0 Å². The van der Waals surface area contributed by atoms with Gasteiger partial charge in [-0.3, -0.25) is 0 Å². The zero-order chi connectivity index (χ0) is 9.00. The van der Waals surface area contributed by atoms with Crippen LogP contribution in [0.4, 0.5) is 0 Å². The fourth-order valence-corrected chi connectivity index (χ4v) is 0. The summed E-state index contributed by atoms with van der Waals surface area (Å²) in [5, 5.41) is 0. The van der Waals surface area contributed by atoms with Crippen LogP contribution < -0.4 is 24.6 Å². The predicted molar refractivity (Wildman–Crippen MR) is 44.0 cm³/mol. The predicted octanol–water partition coefficient (Wildman–Crippen LogP) is -7.74. The zero-order valence-corrected chi connectivity index (χ0v) is 18.3. The average molecular weight is 430 g/mol. The molecule has 0 bridgehead atoms. The van der Waals surface area contributed by atoms with Crippen LogP contribution in [0.15, 0.2) is 0 Å². The van der Waals surface area contributed by atoms with Crippen molar-refractivity contribution in [3.63, 3.8) is 0 Å². The van der Waals surface area contributed by atoms with Gasteiger partial charge in [0.2, 0.25) is 0 Å². The molecular formula is As2Ca3O6S2. The van der Waals surface area contributed by atoms with Gasteiger partial charge in [-0.25, -0.2) is 0 Å². The molecule has 0 atom stereocenters. The van der Waals surface area contributed by atoms with Crippen molar-refractivity contribution in [1.82, 2.24) is 0 Å². The second-order valence-corrected chi connectivity index (χ2v) is 9.30. The number of hydrogen-bond donors (Lipinski definition) is 0. The molecule has 0 unspecified atom stereocenters. The first-order valence-electron chi connectivity index (χ1n) is 1.46. The third-order valence-corrected chi connectivity index (χ3v) is 0. The van der Waals surface area contributed by atoms with E-state index in [0.717, 1.165) is 0 Å². The number of hydrogen-bond acceptors (Lipinski definition) is 8. The van der Waals surface area contributed by atoms with Gasteiger partial charge < -0.3 is 0 Å². The van der Waals surface area contributed by atoms with Crippen LogP contribution >= 0.6 is 20.8 Å². The van der Waals surface area contributed by atoms with Gasteiger partial charge in [0, 0.05) is 0 Å². The van der Waals surface area contributed by atoms with Gasteiger partial charge in [0.25, 0.3) is 0 Å². The molecule has 0 aliphatic rings. The molecule has 0 amide bonds. The molecule has 0 aliphatic carbocycles. The zero-order valence-electron chi connectivity index (χ0n) is 6.28. The van der Waals surface area contributed by atoms with Crippen molar-refractivity contribution in [3.8, 4) is 0 Å². The van der Waals surface area contributed by atoms with E-state index >= 15 is 0 Å². The van der Waals surface area contributed by atoms with Gasteiger partial charge in [-0.05, 0) is 0 Å². The maximum absolute atomic E-state index is 8.98. The van der Waals surface area contributed by atoms with E-state index in [9.17, 15) is 0 Å². The van der Waals surface area contributed by atoms with Crippen molar-refractivity contribution in [2.45, 2.75) is 0 Å². The summed E-state index contributed by atoms with van der Waals surface area (Å²) in [7, 11) is 6.66. The minimum atomic E-state index is -5.04. The summed E-state index contributed by atoms with van der Waals surface area (Å²) in [5.74, 6) is 0. The van der Waals surface area contributed by atoms with E-state index < -0.39 is 25.8 Å². The second-order valence-electron chi connectivity index (χ2n) is 0.894. The Morgan fingerprint density at radius 3 is 0.538 bits per heavy atom. The Labute approximate surface area is 179 Å². The minimum absolute atomic E-state index is 0. The van der Waals surface area contributed by atoms with Gasteiger partial charge >= 0.3 is 184 Å². The Morgan fingerprint density at radius 1 is 0.538 bits per heavy atom. The van der Waals surface area contributed by atoms with E-state index in [0.29, 0.717) is 0 Å². The van der Waals surface area contributed by atoms with Crippen LogP contribution in [0, 0.1) is 0 Å². The molecule has 0 radical (unpaired) electrons. The Bertz CT molecular complexity index is 136. The van der Waals surface area contributed by atoms with Gasteiger partial charge in [-0.1, -0.05) is 0 Å². The molecule has 0 aliphatic heterocycles. The topological polar surface area (TPSA) is 138 Å². The Balaban J connectivity index is -0.0000000267. The molecular weight excluding hydrogens is 430 g/mol. The molecule has 0 rings (SSSR count). The summed E-state index contributed by atoms with van der Waals surface area (Å²) < 4.78 is 53.9. The molecule has 0 heterocycles. The van der Waals surface area contributed by atoms with E-state index in [1.54, 1.807) is 0 Å². The van der Waals surface area contributed by atoms with Crippen LogP contribution in [0.3, 0.4) is 0 Å². The van der Waals surface area contributed by atoms with Gasteiger partial charge in [-0.15, -0.1) is 0 Å². The van der Waals surface area contributed by atoms with E-state index in [-0.39, 0.29) is 113 Å². The summed E-state index contributed by atoms with van der Waals surface area (Å²) in [6.45, 7) is 0. The Hall–Kier alpha value is 5.10. The first-order chi connectivity index (χ1) is 4.00. The van der Waals surface area contributed by atoms with Crippen molar-refractivity contribution in [2.75, 3.05) is 0 Å². The quantitative estimate of drug-likeness (QED) is 0.346. The maximum atomic E-state index is 8.98. The van der Waals surface area contributed by atoms with Crippen molar-refractivity contribution in [2.24, 2.45) is 0 Å². The summed E-state index contributed by atoms with van der Waals surface area (Å²) in [6, 6.07) is 0. The fraction of sp³-hybridized carbons (Fsp3) is 0. The second kappa shape index (κ2) is 15.2. The van der Waals surface area contributed by atoms with Gasteiger partial charge in [0.05, 0.1) is 0 Å². The van der Waals surface area contributed by atoms with E-state index in [4.69, 9.17) is 24.6 Å². The van der Waals surface area contributed by atoms with Crippen LogP contribution in [-0.2, 0) is 0 Å². The molecule has 13 heteroatoms. The molecule has 0 fully saturated rings. The standard InChI is InChI=1S/2AsH3O3S.3Ca/c2*2-1(3,4)5;;;/h2*(H3,2,3,4,5);;;/q;;3*+2/p-6. The number of rotatable bonds is 0. The van der Waals surface area contributed by atoms with Crippen LogP contribution in [0.2, 0.25) is 0 Å². The third kappa shape index (κ3) is 150. The third-order valence-electron chi connectivity index (χ3n) is 0. The van der Waals surface area contributed by atoms with E-state index in [2.05, 4.69) is 20.8 Å². The van der Waals surface area contributed by atoms with Crippen LogP contribution in [0.5, 0.6) is 0 Å². The van der Waals surface area contributed by atoms with Crippen molar-refractivity contribution >= 4 is 160 Å². The molecule has 6 nitrogen and oxygen atoms in total. The molecule has 0 aromatic heterocycles. The monoisotopic (exact) mass is 430 g/mol. The molecule has 13 heavy (non-hydrogen) atoms. The van der Waals surface area contributed by atoms with Gasteiger partial charge in [-0.2, -0.15) is 0 Å². The normalized spacial score (nSPS) is 9.08. The molecule has 0 aromatic carbocycles. The van der Waals surface area contributed by atoms with Crippen molar-refractivity contribution < 1.29 is 24.6 Å². The molecule has 0 spiro atoms. The summed E-state index contributed by atoms with van der Waals surface area (Å²) in [6.07, 6.45) is 0. The molecule has 64 valence electrons. The average Bonchev–Trinajstić information content (AvgIpc) is 1.12. The first-order valence-corrected chi connectivity index (χ1v) is 11.4. The molecule has 0 aromatic rings. The Morgan fingerprint density at radius 2 is 0.538 bits per heavy atom. The Kier molecular flexibility index (Phi) is 35.9. The van der Waals surface area contributed by atoms with Crippen molar-refractivity contribution in [1.29, 1.82) is 0 Å². The summed E-state index contributed by atoms with van der Waals surface area (Å²) in [5.41, 5.74) is 0. The first kappa shape index (κ1) is 30.8. The molecule has 0 N–H and O–H groups in total. The van der Waals surface area contributed by atoms with Crippen LogP contribution in [-0.4, -0.2) is 139 Å².